The van der Waals surface area contributed by atoms with Gasteiger partial charge in [-0.15, -0.1) is 10.2 Å². The molecule has 0 aliphatic carbocycles. The van der Waals surface area contributed by atoms with E-state index in [1.165, 1.54) is 6.07 Å². The van der Waals surface area contributed by atoms with Crippen LogP contribution in [0.4, 0.5) is 19.0 Å². The number of hydrogen-bond donors (Lipinski definition) is 2. The molecule has 17 heavy (non-hydrogen) atoms. The average Bonchev–Trinajstić information content (AvgIpc) is 2.78. The molecule has 2 aromatic rings. The van der Waals surface area contributed by atoms with E-state index < -0.39 is 11.9 Å². The molecule has 0 aliphatic rings. The van der Waals surface area contributed by atoms with Crippen molar-refractivity contribution in [1.82, 2.24) is 20.4 Å². The molecular formula is C9H8F3N5. The van der Waals surface area contributed by atoms with Gasteiger partial charge in [-0.3, -0.25) is 5.10 Å². The minimum atomic E-state index is -4.46. The number of H-pyrrole nitrogens is 1. The lowest BCUT2D eigenvalue weighted by atomic mass is 10.3. The second-order valence-electron chi connectivity index (χ2n) is 3.24. The molecule has 0 unspecified atom stereocenters. The molecule has 8 heteroatoms. The van der Waals surface area contributed by atoms with Crippen molar-refractivity contribution in [1.29, 1.82) is 0 Å². The summed E-state index contributed by atoms with van der Waals surface area (Å²) < 4.78 is 36.6. The lowest BCUT2D eigenvalue weighted by molar-refractivity contribution is -0.141. The monoisotopic (exact) mass is 243 g/mol. The van der Waals surface area contributed by atoms with Crippen molar-refractivity contribution in [2.45, 2.75) is 12.7 Å². The average molecular weight is 243 g/mol. The number of nitrogens with zero attached hydrogens (tertiary/aromatic N) is 3. The third-order valence-corrected chi connectivity index (χ3v) is 1.97. The van der Waals surface area contributed by atoms with Crippen LogP contribution in [0.2, 0.25) is 0 Å². The lowest BCUT2D eigenvalue weighted by Gasteiger charge is -2.06. The first-order valence-electron chi connectivity index (χ1n) is 4.69. The van der Waals surface area contributed by atoms with Crippen LogP contribution in [-0.4, -0.2) is 20.4 Å². The highest BCUT2D eigenvalue weighted by Gasteiger charge is 2.32. The van der Waals surface area contributed by atoms with Gasteiger partial charge in [-0.25, -0.2) is 0 Å². The number of rotatable bonds is 3. The number of alkyl halides is 3. The van der Waals surface area contributed by atoms with Crippen molar-refractivity contribution < 1.29 is 13.2 Å². The third kappa shape index (κ3) is 2.92. The SMILES string of the molecule is FC(F)(F)c1ccc(NCc2ccn[nH]2)nn1. The normalized spacial score (nSPS) is 11.5. The van der Waals surface area contributed by atoms with E-state index in [0.29, 0.717) is 6.54 Å². The molecule has 2 rings (SSSR count). The van der Waals surface area contributed by atoms with Gasteiger partial charge in [0.05, 0.1) is 12.2 Å². The number of hydrogen-bond acceptors (Lipinski definition) is 4. The Morgan fingerprint density at radius 2 is 2.00 bits per heavy atom. The summed E-state index contributed by atoms with van der Waals surface area (Å²) in [7, 11) is 0. The molecule has 2 aromatic heterocycles. The Bertz CT molecular complexity index is 462. The van der Waals surface area contributed by atoms with E-state index in [9.17, 15) is 13.2 Å². The second kappa shape index (κ2) is 4.40. The molecule has 0 bridgehead atoms. The third-order valence-electron chi connectivity index (χ3n) is 1.97. The van der Waals surface area contributed by atoms with Crippen molar-refractivity contribution in [2.75, 3.05) is 5.32 Å². The van der Waals surface area contributed by atoms with Gasteiger partial charge >= 0.3 is 6.18 Å². The van der Waals surface area contributed by atoms with Crippen molar-refractivity contribution in [3.05, 3.63) is 35.8 Å². The molecule has 0 radical (unpaired) electrons. The van der Waals surface area contributed by atoms with Crippen LogP contribution in [0.25, 0.3) is 0 Å². The van der Waals surface area contributed by atoms with Gasteiger partial charge in [0.2, 0.25) is 0 Å². The minimum absolute atomic E-state index is 0.271. The Kier molecular flexibility index (Phi) is 2.94. The maximum Gasteiger partial charge on any atom is 0.435 e. The molecule has 0 aromatic carbocycles. The van der Waals surface area contributed by atoms with Gasteiger partial charge in [0.15, 0.2) is 5.69 Å². The summed E-state index contributed by atoms with van der Waals surface area (Å²) in [6.07, 6.45) is -2.88. The zero-order valence-electron chi connectivity index (χ0n) is 8.49. The van der Waals surface area contributed by atoms with Crippen LogP contribution in [0.1, 0.15) is 11.4 Å². The quantitative estimate of drug-likeness (QED) is 0.863. The van der Waals surface area contributed by atoms with Crippen LogP contribution in [0, 0.1) is 0 Å². The predicted molar refractivity (Wildman–Crippen MR) is 52.9 cm³/mol. The lowest BCUT2D eigenvalue weighted by Crippen LogP contribution is -2.10. The Hall–Kier alpha value is -2.12. The van der Waals surface area contributed by atoms with Crippen molar-refractivity contribution in [3.8, 4) is 0 Å². The summed E-state index contributed by atoms with van der Waals surface area (Å²) in [6.45, 7) is 0.389. The summed E-state index contributed by atoms with van der Waals surface area (Å²) in [5.74, 6) is 0.271. The van der Waals surface area contributed by atoms with Crippen LogP contribution in [-0.2, 0) is 12.7 Å². The largest absolute Gasteiger partial charge is 0.435 e. The van der Waals surface area contributed by atoms with Gasteiger partial charge in [0.1, 0.15) is 5.82 Å². The molecule has 2 N–H and O–H groups in total. The molecule has 0 atom stereocenters. The van der Waals surface area contributed by atoms with E-state index in [-0.39, 0.29) is 5.82 Å². The van der Waals surface area contributed by atoms with Crippen LogP contribution in [0.3, 0.4) is 0 Å². The Balaban J connectivity index is 1.99. The molecule has 2 heterocycles. The van der Waals surface area contributed by atoms with Crippen molar-refractivity contribution in [2.24, 2.45) is 0 Å². The Morgan fingerprint density at radius 3 is 2.53 bits per heavy atom. The van der Waals surface area contributed by atoms with E-state index in [1.807, 2.05) is 0 Å². The topological polar surface area (TPSA) is 66.5 Å². The smallest absolute Gasteiger partial charge is 0.363 e. The van der Waals surface area contributed by atoms with Crippen LogP contribution < -0.4 is 5.32 Å². The maximum atomic E-state index is 12.2. The van der Waals surface area contributed by atoms with Crippen molar-refractivity contribution >= 4 is 5.82 Å². The number of halogens is 3. The number of nitrogens with one attached hydrogen (secondary N) is 2. The molecule has 0 amide bonds. The molecule has 0 saturated carbocycles. The van der Waals surface area contributed by atoms with Gasteiger partial charge in [-0.1, -0.05) is 0 Å². The van der Waals surface area contributed by atoms with Crippen LogP contribution >= 0.6 is 0 Å². The molecule has 90 valence electrons. The summed E-state index contributed by atoms with van der Waals surface area (Å²) in [5.41, 5.74) is -0.212. The number of aromatic nitrogens is 4. The molecule has 5 nitrogen and oxygen atoms in total. The first-order chi connectivity index (χ1) is 8.05. The number of aromatic amines is 1. The first-order valence-corrected chi connectivity index (χ1v) is 4.69. The van der Waals surface area contributed by atoms with Crippen molar-refractivity contribution in [3.63, 3.8) is 0 Å². The number of anilines is 1. The summed E-state index contributed by atoms with van der Waals surface area (Å²) in [6, 6.07) is 3.85. The highest BCUT2D eigenvalue weighted by atomic mass is 19.4. The molecular weight excluding hydrogens is 235 g/mol. The fourth-order valence-corrected chi connectivity index (χ4v) is 1.15. The summed E-state index contributed by atoms with van der Waals surface area (Å²) in [5, 5.41) is 15.8. The molecule has 0 fully saturated rings. The van der Waals surface area contributed by atoms with Crippen LogP contribution in [0.5, 0.6) is 0 Å². The van der Waals surface area contributed by atoms with E-state index in [4.69, 9.17) is 0 Å². The zero-order valence-corrected chi connectivity index (χ0v) is 8.49. The van der Waals surface area contributed by atoms with Gasteiger partial charge in [0, 0.05) is 6.20 Å². The van der Waals surface area contributed by atoms with Crippen LogP contribution in [0.15, 0.2) is 24.4 Å². The Morgan fingerprint density at radius 1 is 1.18 bits per heavy atom. The molecule has 0 aliphatic heterocycles. The highest BCUT2D eigenvalue weighted by Crippen LogP contribution is 2.27. The Labute approximate surface area is 94.1 Å². The minimum Gasteiger partial charge on any atom is -0.363 e. The van der Waals surface area contributed by atoms with Gasteiger partial charge in [0.25, 0.3) is 0 Å². The van der Waals surface area contributed by atoms with Gasteiger partial charge in [-0.05, 0) is 18.2 Å². The highest BCUT2D eigenvalue weighted by molar-refractivity contribution is 5.33. The van der Waals surface area contributed by atoms with E-state index in [1.54, 1.807) is 12.3 Å². The summed E-state index contributed by atoms with van der Waals surface area (Å²) >= 11 is 0. The first kappa shape index (κ1) is 11.4. The fourth-order valence-electron chi connectivity index (χ4n) is 1.15. The van der Waals surface area contributed by atoms with E-state index in [0.717, 1.165) is 11.8 Å². The maximum absolute atomic E-state index is 12.2. The standard InChI is InChI=1S/C9H8F3N5/c10-9(11,12)7-1-2-8(17-16-7)13-5-6-3-4-14-15-6/h1-4H,5H2,(H,13,17)(H,14,15). The molecule has 0 spiro atoms. The predicted octanol–water partition coefficient (Wildman–Crippen LogP) is 1.83. The molecule has 0 saturated heterocycles. The second-order valence-corrected chi connectivity index (χ2v) is 3.24. The zero-order chi connectivity index (χ0) is 12.3. The van der Waals surface area contributed by atoms with Gasteiger partial charge in [-0.2, -0.15) is 18.3 Å². The van der Waals surface area contributed by atoms with E-state index >= 15 is 0 Å². The van der Waals surface area contributed by atoms with E-state index in [2.05, 4.69) is 25.7 Å². The van der Waals surface area contributed by atoms with Gasteiger partial charge < -0.3 is 5.32 Å². The fraction of sp³-hybridized carbons (Fsp3) is 0.222. The summed E-state index contributed by atoms with van der Waals surface area (Å²) in [4.78, 5) is 0.